The van der Waals surface area contributed by atoms with Crippen molar-refractivity contribution in [2.24, 2.45) is 0 Å². The molecule has 0 saturated carbocycles. The van der Waals surface area contributed by atoms with E-state index in [1.807, 2.05) is 48.7 Å². The molecule has 6 heteroatoms. The maximum absolute atomic E-state index is 4.58. The van der Waals surface area contributed by atoms with Crippen molar-refractivity contribution in [2.45, 2.75) is 0 Å². The molecule has 0 radical (unpaired) electrons. The van der Waals surface area contributed by atoms with Gasteiger partial charge in [0.1, 0.15) is 11.3 Å². The summed E-state index contributed by atoms with van der Waals surface area (Å²) in [6.45, 7) is 0. The summed E-state index contributed by atoms with van der Waals surface area (Å²) in [5.74, 6) is 1.62. The largest absolute Gasteiger partial charge is 0.294 e. The van der Waals surface area contributed by atoms with E-state index < -0.39 is 0 Å². The molecule has 0 aliphatic carbocycles. The van der Waals surface area contributed by atoms with Crippen LogP contribution in [0.4, 0.5) is 0 Å². The third-order valence-corrected chi connectivity index (χ3v) is 4.98. The van der Waals surface area contributed by atoms with Crippen molar-refractivity contribution in [3.8, 4) is 11.6 Å². The van der Waals surface area contributed by atoms with E-state index in [0.29, 0.717) is 0 Å². The van der Waals surface area contributed by atoms with Crippen LogP contribution in [0.15, 0.2) is 85.2 Å². The van der Waals surface area contributed by atoms with Gasteiger partial charge in [-0.3, -0.25) is 4.57 Å². The van der Waals surface area contributed by atoms with Gasteiger partial charge in [-0.05, 0) is 42.5 Å². The number of aromatic nitrogens is 6. The van der Waals surface area contributed by atoms with Crippen LogP contribution in [0.2, 0.25) is 0 Å². The molecule has 0 bridgehead atoms. The highest BCUT2D eigenvalue weighted by Gasteiger charge is 2.16. The normalized spacial score (nSPS) is 11.6. The van der Waals surface area contributed by atoms with E-state index in [0.717, 1.165) is 44.5 Å². The van der Waals surface area contributed by atoms with Gasteiger partial charge in [-0.1, -0.05) is 35.5 Å². The van der Waals surface area contributed by atoms with Crippen LogP contribution in [0.3, 0.4) is 0 Å². The van der Waals surface area contributed by atoms with Crippen molar-refractivity contribution >= 4 is 32.8 Å². The quantitative estimate of drug-likeness (QED) is 0.461. The molecule has 4 heterocycles. The number of nitrogens with zero attached hydrogens (tertiary/aromatic N) is 6. The summed E-state index contributed by atoms with van der Waals surface area (Å²) in [5, 5.41) is 11.0. The van der Waals surface area contributed by atoms with E-state index in [9.17, 15) is 0 Å². The lowest BCUT2D eigenvalue weighted by molar-refractivity contribution is 0.801. The number of hydrogen-bond acceptors (Lipinski definition) is 4. The van der Waals surface area contributed by atoms with Gasteiger partial charge >= 0.3 is 0 Å². The first kappa shape index (κ1) is 15.0. The van der Waals surface area contributed by atoms with Crippen LogP contribution >= 0.6 is 0 Å². The molecular weight excluding hydrogens is 348 g/mol. The predicted octanol–water partition coefficient (Wildman–Crippen LogP) is 4.31. The van der Waals surface area contributed by atoms with Gasteiger partial charge in [0.15, 0.2) is 5.82 Å². The summed E-state index contributed by atoms with van der Waals surface area (Å²) in [7, 11) is 0. The average Bonchev–Trinajstić information content (AvgIpc) is 3.32. The Morgan fingerprint density at radius 2 is 1.36 bits per heavy atom. The minimum atomic E-state index is 0.741. The van der Waals surface area contributed by atoms with Crippen LogP contribution in [-0.2, 0) is 0 Å². The van der Waals surface area contributed by atoms with E-state index in [1.165, 1.54) is 0 Å². The van der Waals surface area contributed by atoms with Crippen molar-refractivity contribution in [2.75, 3.05) is 0 Å². The van der Waals surface area contributed by atoms with Crippen molar-refractivity contribution < 1.29 is 0 Å². The summed E-state index contributed by atoms with van der Waals surface area (Å²) < 4.78 is 3.95. The number of fused-ring (bicyclic) bond motifs is 4. The molecule has 0 atom stereocenters. The molecule has 0 N–H and O–H groups in total. The van der Waals surface area contributed by atoms with Crippen LogP contribution in [0.5, 0.6) is 0 Å². The first-order valence-corrected chi connectivity index (χ1v) is 9.01. The van der Waals surface area contributed by atoms with Gasteiger partial charge in [-0.2, -0.15) is 4.68 Å². The molecule has 0 aliphatic heterocycles. The topological polar surface area (TPSA) is 61.4 Å². The highest BCUT2D eigenvalue weighted by Crippen LogP contribution is 2.34. The SMILES string of the molecule is c1ccc(-n2nnc3cc4c5ccccc5n(-c5ccccn5)c4cc32)nc1. The van der Waals surface area contributed by atoms with Gasteiger partial charge in [0.05, 0.1) is 16.6 Å². The number of para-hydroxylation sites is 1. The van der Waals surface area contributed by atoms with E-state index in [2.05, 4.69) is 55.2 Å². The Morgan fingerprint density at radius 1 is 0.607 bits per heavy atom. The fourth-order valence-corrected chi connectivity index (χ4v) is 3.76. The molecule has 132 valence electrons. The molecule has 0 amide bonds. The molecule has 0 aliphatic rings. The Bertz CT molecular complexity index is 1450. The molecule has 6 rings (SSSR count). The van der Waals surface area contributed by atoms with Crippen LogP contribution in [0.25, 0.3) is 44.5 Å². The fourth-order valence-electron chi connectivity index (χ4n) is 3.76. The van der Waals surface area contributed by atoms with Gasteiger partial charge in [0.2, 0.25) is 0 Å². The van der Waals surface area contributed by atoms with Crippen molar-refractivity contribution in [3.63, 3.8) is 0 Å². The highest BCUT2D eigenvalue weighted by atomic mass is 15.4. The number of benzene rings is 2. The Morgan fingerprint density at radius 3 is 2.14 bits per heavy atom. The summed E-state index contributed by atoms with van der Waals surface area (Å²) >= 11 is 0. The second kappa shape index (κ2) is 5.72. The van der Waals surface area contributed by atoms with E-state index in [-0.39, 0.29) is 0 Å². The lowest BCUT2D eigenvalue weighted by atomic mass is 10.1. The van der Waals surface area contributed by atoms with Gasteiger partial charge in [-0.25, -0.2) is 9.97 Å². The third kappa shape index (κ3) is 2.08. The summed E-state index contributed by atoms with van der Waals surface area (Å²) in [6, 6.07) is 24.3. The standard InChI is InChI=1S/C22H14N6/c1-2-8-18-15(7-1)16-13-17-20(28(26-25-17)22-10-4-6-12-24-22)14-19(16)27(18)21-9-3-5-11-23-21/h1-14H. The first-order chi connectivity index (χ1) is 13.9. The maximum Gasteiger partial charge on any atom is 0.155 e. The van der Waals surface area contributed by atoms with E-state index >= 15 is 0 Å². The lowest BCUT2D eigenvalue weighted by Gasteiger charge is -2.06. The van der Waals surface area contributed by atoms with Gasteiger partial charge < -0.3 is 0 Å². The Hall–Kier alpha value is -4.06. The Kier molecular flexibility index (Phi) is 3.07. The zero-order valence-electron chi connectivity index (χ0n) is 14.8. The molecular formula is C22H14N6. The molecule has 0 unspecified atom stereocenters. The Labute approximate surface area is 159 Å². The Balaban J connectivity index is 1.76. The monoisotopic (exact) mass is 362 g/mol. The van der Waals surface area contributed by atoms with Gasteiger partial charge in [0.25, 0.3) is 0 Å². The van der Waals surface area contributed by atoms with Crippen LogP contribution in [-0.4, -0.2) is 29.5 Å². The molecule has 2 aromatic carbocycles. The molecule has 0 fully saturated rings. The molecule has 6 aromatic rings. The van der Waals surface area contributed by atoms with Crippen LogP contribution in [0.1, 0.15) is 0 Å². The van der Waals surface area contributed by atoms with Gasteiger partial charge in [0, 0.05) is 23.2 Å². The number of rotatable bonds is 2. The molecule has 0 spiro atoms. The van der Waals surface area contributed by atoms with Crippen LogP contribution in [0, 0.1) is 0 Å². The first-order valence-electron chi connectivity index (χ1n) is 9.01. The lowest BCUT2D eigenvalue weighted by Crippen LogP contribution is -1.99. The third-order valence-electron chi connectivity index (χ3n) is 4.98. The van der Waals surface area contributed by atoms with Crippen LogP contribution < -0.4 is 0 Å². The number of hydrogen-bond donors (Lipinski definition) is 0. The second-order valence-electron chi connectivity index (χ2n) is 6.59. The van der Waals surface area contributed by atoms with Crippen molar-refractivity contribution in [3.05, 3.63) is 85.2 Å². The number of pyridine rings is 2. The minimum absolute atomic E-state index is 0.741. The minimum Gasteiger partial charge on any atom is -0.294 e. The van der Waals surface area contributed by atoms with Crippen molar-refractivity contribution in [1.82, 2.24) is 29.5 Å². The molecule has 6 nitrogen and oxygen atoms in total. The van der Waals surface area contributed by atoms with E-state index in [4.69, 9.17) is 0 Å². The van der Waals surface area contributed by atoms with Crippen molar-refractivity contribution in [1.29, 1.82) is 0 Å². The summed E-state index contributed by atoms with van der Waals surface area (Å²) in [5.41, 5.74) is 3.92. The average molecular weight is 362 g/mol. The zero-order chi connectivity index (χ0) is 18.5. The van der Waals surface area contributed by atoms with Gasteiger partial charge in [-0.15, -0.1) is 5.10 Å². The van der Waals surface area contributed by atoms with E-state index in [1.54, 1.807) is 10.9 Å². The predicted molar refractivity (Wildman–Crippen MR) is 109 cm³/mol. The molecule has 28 heavy (non-hydrogen) atoms. The summed E-state index contributed by atoms with van der Waals surface area (Å²) in [4.78, 5) is 9.00. The highest BCUT2D eigenvalue weighted by molar-refractivity contribution is 6.12. The molecule has 0 saturated heterocycles. The fraction of sp³-hybridized carbons (Fsp3) is 0. The molecule has 4 aromatic heterocycles. The second-order valence-corrected chi connectivity index (χ2v) is 6.59. The summed E-state index contributed by atoms with van der Waals surface area (Å²) in [6.07, 6.45) is 3.57. The maximum atomic E-state index is 4.58. The smallest absolute Gasteiger partial charge is 0.155 e. The zero-order valence-corrected chi connectivity index (χ0v) is 14.8.